The van der Waals surface area contributed by atoms with E-state index in [4.69, 9.17) is 0 Å². The molecule has 0 aliphatic carbocycles. The Morgan fingerprint density at radius 2 is 1.52 bits per heavy atom. The van der Waals surface area contributed by atoms with Crippen LogP contribution in [0, 0.1) is 0 Å². The molecule has 0 aromatic carbocycles. The van der Waals surface area contributed by atoms with Crippen molar-refractivity contribution in [1.29, 1.82) is 0 Å². The lowest BCUT2D eigenvalue weighted by Crippen LogP contribution is -2.44. The number of nitrogens with zero attached hydrogens (tertiary/aromatic N) is 2. The van der Waals surface area contributed by atoms with E-state index in [1.807, 2.05) is 6.92 Å². The molecule has 0 aromatic heterocycles. The number of aliphatic imine (C=N–C) groups is 1. The highest BCUT2D eigenvalue weighted by molar-refractivity contribution is 5.84. The third-order valence-corrected chi connectivity index (χ3v) is 5.10. The van der Waals surface area contributed by atoms with Crippen LogP contribution in [0.5, 0.6) is 0 Å². The molecule has 0 saturated heterocycles. The minimum Gasteiger partial charge on any atom is -0.391 e. The molecule has 0 aromatic rings. The second-order valence-corrected chi connectivity index (χ2v) is 7.14. The van der Waals surface area contributed by atoms with Gasteiger partial charge in [0.1, 0.15) is 0 Å². The molecule has 0 radical (unpaired) electrons. The number of amidine groups is 1. The van der Waals surface area contributed by atoms with Gasteiger partial charge in [-0.1, -0.05) is 71.6 Å². The van der Waals surface area contributed by atoms with Crippen molar-refractivity contribution in [3.8, 4) is 0 Å². The fourth-order valence-corrected chi connectivity index (χ4v) is 3.68. The van der Waals surface area contributed by atoms with E-state index in [-0.39, 0.29) is 12.1 Å². The van der Waals surface area contributed by atoms with E-state index in [2.05, 4.69) is 23.7 Å². The van der Waals surface area contributed by atoms with E-state index in [0.29, 0.717) is 0 Å². The molecule has 0 saturated carbocycles. The first-order valence-electron chi connectivity index (χ1n) is 10.2. The van der Waals surface area contributed by atoms with Crippen molar-refractivity contribution < 1.29 is 5.11 Å². The zero-order chi connectivity index (χ0) is 16.9. The van der Waals surface area contributed by atoms with Gasteiger partial charge in [-0.25, -0.2) is 0 Å². The maximum Gasteiger partial charge on any atom is 0.0993 e. The van der Waals surface area contributed by atoms with Crippen molar-refractivity contribution >= 4 is 5.84 Å². The van der Waals surface area contributed by atoms with Crippen LogP contribution in [0.3, 0.4) is 0 Å². The van der Waals surface area contributed by atoms with Crippen molar-refractivity contribution in [3.05, 3.63) is 0 Å². The van der Waals surface area contributed by atoms with Gasteiger partial charge >= 0.3 is 0 Å². The lowest BCUT2D eigenvalue weighted by Gasteiger charge is -2.32. The molecular formula is C20H40N2O. The van der Waals surface area contributed by atoms with E-state index >= 15 is 0 Å². The molecular weight excluding hydrogens is 284 g/mol. The molecule has 0 bridgehead atoms. The van der Waals surface area contributed by atoms with Gasteiger partial charge in [-0.2, -0.15) is 0 Å². The summed E-state index contributed by atoms with van der Waals surface area (Å²) in [6.07, 6.45) is 15.6. The monoisotopic (exact) mass is 324 g/mol. The van der Waals surface area contributed by atoms with Crippen LogP contribution in [0.15, 0.2) is 4.99 Å². The Morgan fingerprint density at radius 3 is 2.04 bits per heavy atom. The lowest BCUT2D eigenvalue weighted by atomic mass is 10.0. The Labute approximate surface area is 144 Å². The van der Waals surface area contributed by atoms with Crippen molar-refractivity contribution in [2.45, 2.75) is 110 Å². The maximum atomic E-state index is 9.94. The van der Waals surface area contributed by atoms with Crippen LogP contribution in [0.2, 0.25) is 0 Å². The van der Waals surface area contributed by atoms with E-state index in [9.17, 15) is 5.11 Å². The molecule has 1 N–H and O–H groups in total. The van der Waals surface area contributed by atoms with Crippen LogP contribution in [0.25, 0.3) is 0 Å². The number of aliphatic hydroxyl groups excluding tert-OH is 1. The highest BCUT2D eigenvalue weighted by Crippen LogP contribution is 2.18. The number of rotatable bonds is 14. The fourth-order valence-electron chi connectivity index (χ4n) is 3.68. The van der Waals surface area contributed by atoms with E-state index in [1.54, 1.807) is 0 Å². The molecule has 0 spiro atoms. The molecule has 0 fully saturated rings. The summed E-state index contributed by atoms with van der Waals surface area (Å²) in [6, 6.07) is 0.249. The normalized spacial score (nSPS) is 17.4. The molecule has 2 atom stereocenters. The summed E-state index contributed by atoms with van der Waals surface area (Å²) in [5.74, 6) is 1.25. The molecule has 3 heteroatoms. The lowest BCUT2D eigenvalue weighted by molar-refractivity contribution is 0.100. The third-order valence-electron chi connectivity index (χ3n) is 5.10. The summed E-state index contributed by atoms with van der Waals surface area (Å²) >= 11 is 0. The molecule has 3 nitrogen and oxygen atoms in total. The smallest absolute Gasteiger partial charge is 0.0993 e. The number of hydrogen-bond acceptors (Lipinski definition) is 3. The Hall–Kier alpha value is -0.570. The largest absolute Gasteiger partial charge is 0.391 e. The Balaban J connectivity index is 2.06. The van der Waals surface area contributed by atoms with Gasteiger partial charge in [-0.15, -0.1) is 0 Å². The zero-order valence-electron chi connectivity index (χ0n) is 15.9. The van der Waals surface area contributed by atoms with Gasteiger partial charge in [0, 0.05) is 13.0 Å². The first-order valence-corrected chi connectivity index (χ1v) is 10.2. The molecule has 1 rings (SSSR count). The van der Waals surface area contributed by atoms with E-state index in [1.165, 1.54) is 70.0 Å². The number of hydrogen-bond donors (Lipinski definition) is 1. The number of aliphatic hydroxyl groups is 1. The van der Waals surface area contributed by atoms with Crippen LogP contribution in [-0.2, 0) is 0 Å². The standard InChI is InChI=1S/C20H40N2O/c1-4-6-7-8-9-10-11-12-13-14-15-20-21-16-17-22(20)19(5-2)18(3)23/h18-19,23H,4-17H2,1-3H3. The fraction of sp³-hybridized carbons (Fsp3) is 0.950. The van der Waals surface area contributed by atoms with Crippen LogP contribution in [-0.4, -0.2) is 41.1 Å². The Morgan fingerprint density at radius 1 is 0.957 bits per heavy atom. The van der Waals surface area contributed by atoms with Gasteiger partial charge < -0.3 is 10.0 Å². The van der Waals surface area contributed by atoms with Crippen molar-refractivity contribution in [2.75, 3.05) is 13.1 Å². The van der Waals surface area contributed by atoms with Crippen LogP contribution in [0.1, 0.15) is 97.8 Å². The van der Waals surface area contributed by atoms with Crippen LogP contribution >= 0.6 is 0 Å². The summed E-state index contributed by atoms with van der Waals surface area (Å²) in [5, 5.41) is 9.94. The Kier molecular flexibility index (Phi) is 11.4. The Bertz CT molecular complexity index is 315. The van der Waals surface area contributed by atoms with Gasteiger partial charge in [0.05, 0.1) is 24.5 Å². The van der Waals surface area contributed by atoms with Crippen molar-refractivity contribution in [1.82, 2.24) is 4.90 Å². The van der Waals surface area contributed by atoms with Gasteiger partial charge in [-0.05, 0) is 19.8 Å². The first kappa shape index (κ1) is 20.5. The molecule has 1 aliphatic heterocycles. The molecule has 0 amide bonds. The summed E-state index contributed by atoms with van der Waals surface area (Å²) in [4.78, 5) is 7.04. The zero-order valence-corrected chi connectivity index (χ0v) is 15.9. The van der Waals surface area contributed by atoms with Crippen molar-refractivity contribution in [3.63, 3.8) is 0 Å². The van der Waals surface area contributed by atoms with Gasteiger partial charge in [-0.3, -0.25) is 4.99 Å². The number of unbranched alkanes of at least 4 members (excludes halogenated alkanes) is 9. The predicted molar refractivity (Wildman–Crippen MR) is 101 cm³/mol. The van der Waals surface area contributed by atoms with E-state index in [0.717, 1.165) is 25.9 Å². The molecule has 2 unspecified atom stereocenters. The van der Waals surface area contributed by atoms with Gasteiger partial charge in [0.2, 0.25) is 0 Å². The minimum atomic E-state index is -0.268. The maximum absolute atomic E-state index is 9.94. The summed E-state index contributed by atoms with van der Waals surface area (Å²) in [5.41, 5.74) is 0. The van der Waals surface area contributed by atoms with Crippen LogP contribution in [0.4, 0.5) is 0 Å². The third kappa shape index (κ3) is 8.19. The predicted octanol–water partition coefficient (Wildman–Crippen LogP) is 5.17. The molecule has 1 heterocycles. The molecule has 23 heavy (non-hydrogen) atoms. The van der Waals surface area contributed by atoms with Gasteiger partial charge in [0.15, 0.2) is 0 Å². The minimum absolute atomic E-state index is 0.249. The van der Waals surface area contributed by atoms with Crippen LogP contribution < -0.4 is 0 Å². The van der Waals surface area contributed by atoms with Gasteiger partial charge in [0.25, 0.3) is 0 Å². The first-order chi connectivity index (χ1) is 11.2. The summed E-state index contributed by atoms with van der Waals surface area (Å²) < 4.78 is 0. The SMILES string of the molecule is CCCCCCCCCCCCC1=NCCN1C(CC)C(C)O. The summed E-state index contributed by atoms with van der Waals surface area (Å²) in [7, 11) is 0. The molecule has 1 aliphatic rings. The van der Waals surface area contributed by atoms with Crippen molar-refractivity contribution in [2.24, 2.45) is 4.99 Å². The average molecular weight is 325 g/mol. The second-order valence-electron chi connectivity index (χ2n) is 7.14. The average Bonchev–Trinajstić information content (AvgIpc) is 2.98. The molecule has 136 valence electrons. The summed E-state index contributed by atoms with van der Waals surface area (Å²) in [6.45, 7) is 8.25. The highest BCUT2D eigenvalue weighted by Gasteiger charge is 2.26. The highest BCUT2D eigenvalue weighted by atomic mass is 16.3. The van der Waals surface area contributed by atoms with E-state index < -0.39 is 0 Å². The quantitative estimate of drug-likeness (QED) is 0.447. The second kappa shape index (κ2) is 12.8. The topological polar surface area (TPSA) is 35.8 Å².